The van der Waals surface area contributed by atoms with Gasteiger partial charge in [0, 0.05) is 28.7 Å². The predicted octanol–water partition coefficient (Wildman–Crippen LogP) is 1.81. The van der Waals surface area contributed by atoms with Gasteiger partial charge in [0.1, 0.15) is 0 Å². The summed E-state index contributed by atoms with van der Waals surface area (Å²) in [5.74, 6) is 0. The highest BCUT2D eigenvalue weighted by molar-refractivity contribution is 5.75. The van der Waals surface area contributed by atoms with Crippen LogP contribution in [-0.4, -0.2) is 35.1 Å². The lowest BCUT2D eigenvalue weighted by Crippen LogP contribution is -2.08. The number of ether oxygens (including phenoxy) is 2. The minimum absolute atomic E-state index is 0. The van der Waals surface area contributed by atoms with Crippen LogP contribution in [0.1, 0.15) is 13.8 Å². The third-order valence-electron chi connectivity index (χ3n) is 0.640. The van der Waals surface area contributed by atoms with Gasteiger partial charge in [-0.15, -0.1) is 13.2 Å². The van der Waals surface area contributed by atoms with Gasteiger partial charge in [-0.25, -0.2) is 0 Å². The second-order valence-electron chi connectivity index (χ2n) is 1.43. The number of hydrogen-bond acceptors (Lipinski definition) is 2. The maximum atomic E-state index is 10.6. The molecule has 0 heterocycles. The van der Waals surface area contributed by atoms with Crippen LogP contribution in [0.5, 0.6) is 0 Å². The molecule has 0 aliphatic rings. The average Bonchev–Trinajstić information content (AvgIpc) is 1.90. The van der Waals surface area contributed by atoms with Crippen molar-refractivity contribution < 1.29 is 22.6 Å². The number of methoxy groups -OCH3 is 1. The lowest BCUT2D eigenvalue weighted by Gasteiger charge is -1.97. The molecule has 12 heavy (non-hydrogen) atoms. The topological polar surface area (TPSA) is 18.5 Å². The highest BCUT2D eigenvalue weighted by Crippen LogP contribution is 2.13. The van der Waals surface area contributed by atoms with Crippen molar-refractivity contribution in [3.8, 4) is 0 Å². The summed E-state index contributed by atoms with van der Waals surface area (Å²) < 4.78 is 39.5. The lowest BCUT2D eigenvalue weighted by atomic mass is 10.8. The molecule has 0 spiro atoms. The van der Waals surface area contributed by atoms with Crippen LogP contribution >= 0.6 is 0 Å². The van der Waals surface area contributed by atoms with Gasteiger partial charge in [-0.2, -0.15) is 0 Å². The van der Waals surface area contributed by atoms with Crippen LogP contribution in [0.25, 0.3) is 0 Å². The molecule has 0 aliphatic carbocycles. The van der Waals surface area contributed by atoms with Gasteiger partial charge in [0.25, 0.3) is 0 Å². The molecule has 0 N–H and O–H groups in total. The van der Waals surface area contributed by atoms with Crippen molar-refractivity contribution in [2.75, 3.05) is 20.3 Å². The summed E-state index contributed by atoms with van der Waals surface area (Å²) in [4.78, 5) is 0. The molecule has 0 atom stereocenters. The molecule has 6 heteroatoms. The fourth-order valence-electron chi connectivity index (χ4n) is 0.204. The number of halogens is 3. The van der Waals surface area contributed by atoms with E-state index < -0.39 is 6.36 Å². The third kappa shape index (κ3) is 33.0. The fraction of sp³-hybridized carbons (Fsp3) is 1.00. The van der Waals surface area contributed by atoms with Gasteiger partial charge in [0.15, 0.2) is 0 Å². The first-order chi connectivity index (χ1) is 4.97. The minimum atomic E-state index is -4.46. The first kappa shape index (κ1) is 17.8. The van der Waals surface area contributed by atoms with Gasteiger partial charge in [0.05, 0.1) is 0 Å². The van der Waals surface area contributed by atoms with E-state index in [4.69, 9.17) is 4.74 Å². The van der Waals surface area contributed by atoms with Gasteiger partial charge in [0.2, 0.25) is 0 Å². The predicted molar refractivity (Wildman–Crippen MR) is 41.0 cm³/mol. The van der Waals surface area contributed by atoms with Crippen LogP contribution in [-0.2, 0) is 9.47 Å². The van der Waals surface area contributed by atoms with Gasteiger partial charge >= 0.3 is 6.36 Å². The first-order valence-electron chi connectivity index (χ1n) is 3.17. The van der Waals surface area contributed by atoms with Crippen LogP contribution in [0.4, 0.5) is 13.2 Å². The van der Waals surface area contributed by atoms with E-state index in [0.717, 1.165) is 13.2 Å². The van der Waals surface area contributed by atoms with Gasteiger partial charge < -0.3 is 4.74 Å². The Morgan fingerprint density at radius 1 is 1.08 bits per heavy atom. The van der Waals surface area contributed by atoms with Crippen LogP contribution in [0.3, 0.4) is 0 Å². The van der Waals surface area contributed by atoms with Crippen molar-refractivity contribution in [1.82, 2.24) is 0 Å². The van der Waals surface area contributed by atoms with E-state index in [-0.39, 0.29) is 8.41 Å². The van der Waals surface area contributed by atoms with E-state index in [1.807, 2.05) is 13.8 Å². The molecule has 0 amide bonds. The number of alkyl halides is 3. The van der Waals surface area contributed by atoms with Crippen molar-refractivity contribution in [2.45, 2.75) is 20.2 Å². The van der Waals surface area contributed by atoms with Crippen molar-refractivity contribution in [3.05, 3.63) is 0 Å². The summed E-state index contributed by atoms with van der Waals surface area (Å²) in [6.45, 7) is 5.67. The zero-order valence-electron chi connectivity index (χ0n) is 7.44. The summed E-state index contributed by atoms with van der Waals surface area (Å²) in [5, 5.41) is 0. The Morgan fingerprint density at radius 2 is 1.33 bits per heavy atom. The summed E-state index contributed by atoms with van der Waals surface area (Å²) in [5.41, 5.74) is 0. The quantitative estimate of drug-likeness (QED) is 0.610. The van der Waals surface area contributed by atoms with Gasteiger partial charge in [-0.3, -0.25) is 4.74 Å². The van der Waals surface area contributed by atoms with Crippen LogP contribution in [0.2, 0.25) is 0 Å². The summed E-state index contributed by atoms with van der Waals surface area (Å²) in [7, 11) is 0.583. The lowest BCUT2D eigenvalue weighted by molar-refractivity contribution is -0.311. The molecule has 0 aromatic carbocycles. The standard InChI is InChI=1S/C4H10O.C2H3F3O.B/c1-3-5-4-2;1-6-2(3,4)5;/h3-4H2,1-2H3;1H3;. The Balaban J connectivity index is -0.000000126. The van der Waals surface area contributed by atoms with Crippen molar-refractivity contribution in [1.29, 1.82) is 0 Å². The Labute approximate surface area is 72.6 Å². The third-order valence-corrected chi connectivity index (χ3v) is 0.640. The van der Waals surface area contributed by atoms with E-state index in [1.165, 1.54) is 0 Å². The Bertz CT molecular complexity index is 75.7. The normalized spacial score (nSPS) is 9.50. The molecular formula is C6H13BF3O2. The van der Waals surface area contributed by atoms with E-state index in [1.54, 1.807) is 0 Å². The second-order valence-corrected chi connectivity index (χ2v) is 1.43. The molecule has 0 bridgehead atoms. The molecule has 0 fully saturated rings. The van der Waals surface area contributed by atoms with Crippen LogP contribution in [0.15, 0.2) is 0 Å². The highest BCUT2D eigenvalue weighted by atomic mass is 19.4. The average molecular weight is 185 g/mol. The van der Waals surface area contributed by atoms with Crippen LogP contribution < -0.4 is 0 Å². The molecule has 0 aliphatic heterocycles. The largest absolute Gasteiger partial charge is 0.522 e. The molecule has 3 radical (unpaired) electrons. The molecule has 0 aromatic heterocycles. The van der Waals surface area contributed by atoms with Crippen molar-refractivity contribution in [2.24, 2.45) is 0 Å². The fourth-order valence-corrected chi connectivity index (χ4v) is 0.204. The Morgan fingerprint density at radius 3 is 1.33 bits per heavy atom. The van der Waals surface area contributed by atoms with Crippen molar-refractivity contribution >= 4 is 8.41 Å². The van der Waals surface area contributed by atoms with Gasteiger partial charge in [-0.05, 0) is 13.8 Å². The molecule has 0 unspecified atom stereocenters. The molecule has 0 aromatic rings. The van der Waals surface area contributed by atoms with Crippen molar-refractivity contribution in [3.63, 3.8) is 0 Å². The van der Waals surface area contributed by atoms with E-state index in [2.05, 4.69) is 4.74 Å². The number of hydrogen-bond donors (Lipinski definition) is 0. The highest BCUT2D eigenvalue weighted by Gasteiger charge is 2.25. The zero-order chi connectivity index (χ0) is 9.33. The first-order valence-corrected chi connectivity index (χ1v) is 3.17. The maximum Gasteiger partial charge on any atom is 0.522 e. The molecule has 73 valence electrons. The molecular weight excluding hydrogens is 172 g/mol. The summed E-state index contributed by atoms with van der Waals surface area (Å²) in [6, 6.07) is 0. The second kappa shape index (κ2) is 10.8. The SMILES string of the molecule is CCOCC.COC(F)(F)F.[B]. The van der Waals surface area contributed by atoms with Crippen LogP contribution in [0, 0.1) is 0 Å². The Kier molecular flexibility index (Phi) is 15.9. The summed E-state index contributed by atoms with van der Waals surface area (Å²) in [6.07, 6.45) is -4.46. The molecule has 0 rings (SSSR count). The van der Waals surface area contributed by atoms with Gasteiger partial charge in [-0.1, -0.05) is 0 Å². The molecule has 0 saturated heterocycles. The van der Waals surface area contributed by atoms with E-state index in [0.29, 0.717) is 7.11 Å². The monoisotopic (exact) mass is 185 g/mol. The molecule has 2 nitrogen and oxygen atoms in total. The summed E-state index contributed by atoms with van der Waals surface area (Å²) >= 11 is 0. The minimum Gasteiger partial charge on any atom is -0.382 e. The Hall–Kier alpha value is -0.225. The molecule has 0 saturated carbocycles. The van der Waals surface area contributed by atoms with E-state index in [9.17, 15) is 13.2 Å². The zero-order valence-corrected chi connectivity index (χ0v) is 7.44. The maximum absolute atomic E-state index is 10.6. The van der Waals surface area contributed by atoms with E-state index >= 15 is 0 Å². The smallest absolute Gasteiger partial charge is 0.382 e. The number of rotatable bonds is 2.